The number of nitrogens with zero attached hydrogens (tertiary/aromatic N) is 1. The number of hydrogen-bond acceptors (Lipinski definition) is 5. The van der Waals surface area contributed by atoms with E-state index < -0.39 is 11.9 Å². The van der Waals surface area contributed by atoms with Gasteiger partial charge in [-0.15, -0.1) is 0 Å². The summed E-state index contributed by atoms with van der Waals surface area (Å²) in [4.78, 5) is 23.1. The number of amides is 1. The molecule has 0 saturated heterocycles. The van der Waals surface area contributed by atoms with Gasteiger partial charge < -0.3 is 19.6 Å². The second-order valence-corrected chi connectivity index (χ2v) is 5.53. The SMILES string of the molecule is COCCNC(=O)C(C#N)=Cc1ccc(-c2ccc(Cl)c(C(=O)O)c2)o1. The van der Waals surface area contributed by atoms with Gasteiger partial charge in [-0.05, 0) is 30.3 Å². The number of methoxy groups -OCH3 is 1. The number of halogens is 1. The molecular formula is C18H15ClN2O5. The van der Waals surface area contributed by atoms with Gasteiger partial charge in [0.05, 0.1) is 17.2 Å². The predicted octanol–water partition coefficient (Wildman–Crippen LogP) is 2.97. The molecule has 1 amide bonds. The number of hydrogen-bond donors (Lipinski definition) is 2. The standard InChI is InChI=1S/C18H15ClN2O5/c1-25-7-6-21-17(22)12(10-20)8-13-3-5-16(26-13)11-2-4-15(19)14(9-11)18(23)24/h2-5,8-9H,6-7H2,1H3,(H,21,22)(H,23,24). The number of nitriles is 1. The maximum Gasteiger partial charge on any atom is 0.337 e. The summed E-state index contributed by atoms with van der Waals surface area (Å²) in [6.45, 7) is 0.609. The predicted molar refractivity (Wildman–Crippen MR) is 94.6 cm³/mol. The van der Waals surface area contributed by atoms with E-state index in [4.69, 9.17) is 31.1 Å². The molecule has 0 unspecified atom stereocenters. The van der Waals surface area contributed by atoms with Crippen LogP contribution in [0.4, 0.5) is 0 Å². The van der Waals surface area contributed by atoms with Gasteiger partial charge in [-0.25, -0.2) is 4.79 Å². The van der Waals surface area contributed by atoms with Crippen molar-refractivity contribution < 1.29 is 23.8 Å². The largest absolute Gasteiger partial charge is 0.478 e. The van der Waals surface area contributed by atoms with Gasteiger partial charge in [-0.3, -0.25) is 4.79 Å². The van der Waals surface area contributed by atoms with E-state index in [-0.39, 0.29) is 28.5 Å². The van der Waals surface area contributed by atoms with E-state index in [1.165, 1.54) is 25.3 Å². The molecule has 2 N–H and O–H groups in total. The Kier molecular flexibility index (Phi) is 6.55. The molecule has 8 heteroatoms. The van der Waals surface area contributed by atoms with Crippen molar-refractivity contribution in [2.45, 2.75) is 0 Å². The molecule has 2 rings (SSSR count). The van der Waals surface area contributed by atoms with E-state index >= 15 is 0 Å². The number of ether oxygens (including phenoxy) is 1. The van der Waals surface area contributed by atoms with Crippen molar-refractivity contribution in [2.75, 3.05) is 20.3 Å². The average Bonchev–Trinajstić information content (AvgIpc) is 3.08. The lowest BCUT2D eigenvalue weighted by molar-refractivity contribution is -0.117. The first-order chi connectivity index (χ1) is 12.5. The van der Waals surface area contributed by atoms with Crippen molar-refractivity contribution in [3.63, 3.8) is 0 Å². The van der Waals surface area contributed by atoms with Crippen molar-refractivity contribution in [1.29, 1.82) is 5.26 Å². The van der Waals surface area contributed by atoms with Crippen molar-refractivity contribution >= 4 is 29.6 Å². The molecule has 134 valence electrons. The van der Waals surface area contributed by atoms with E-state index in [1.54, 1.807) is 18.2 Å². The normalized spacial score (nSPS) is 11.0. The van der Waals surface area contributed by atoms with Gasteiger partial charge in [0.2, 0.25) is 0 Å². The zero-order valence-corrected chi connectivity index (χ0v) is 14.5. The number of carboxylic acid groups (broad SMARTS) is 1. The molecule has 0 aliphatic rings. The summed E-state index contributed by atoms with van der Waals surface area (Å²) in [5, 5.41) is 20.9. The highest BCUT2D eigenvalue weighted by Crippen LogP contribution is 2.27. The number of benzene rings is 1. The number of aromatic carboxylic acids is 1. The fourth-order valence-corrected chi connectivity index (χ4v) is 2.28. The maximum absolute atomic E-state index is 11.9. The van der Waals surface area contributed by atoms with Crippen molar-refractivity contribution in [3.05, 3.63) is 52.3 Å². The van der Waals surface area contributed by atoms with Crippen LogP contribution in [0, 0.1) is 11.3 Å². The minimum atomic E-state index is -1.15. The lowest BCUT2D eigenvalue weighted by Crippen LogP contribution is -2.27. The third kappa shape index (κ3) is 4.72. The van der Waals surface area contributed by atoms with E-state index in [0.29, 0.717) is 17.9 Å². The Morgan fingerprint density at radius 2 is 2.15 bits per heavy atom. The van der Waals surface area contributed by atoms with Crippen LogP contribution in [-0.4, -0.2) is 37.2 Å². The quantitative estimate of drug-likeness (QED) is 0.437. The van der Waals surface area contributed by atoms with Gasteiger partial charge in [0.15, 0.2) is 0 Å². The number of carboxylic acids is 1. The Morgan fingerprint density at radius 1 is 1.38 bits per heavy atom. The van der Waals surface area contributed by atoms with Gasteiger partial charge in [0, 0.05) is 25.3 Å². The Bertz CT molecular complexity index is 895. The molecule has 2 aromatic rings. The lowest BCUT2D eigenvalue weighted by Gasteiger charge is -2.03. The van der Waals surface area contributed by atoms with Crippen LogP contribution in [-0.2, 0) is 9.53 Å². The molecule has 1 heterocycles. The molecule has 1 aromatic heterocycles. The smallest absolute Gasteiger partial charge is 0.337 e. The number of carbonyl (C=O) groups is 2. The molecule has 0 aliphatic carbocycles. The Labute approximate surface area is 154 Å². The molecule has 26 heavy (non-hydrogen) atoms. The monoisotopic (exact) mass is 374 g/mol. The Morgan fingerprint density at radius 3 is 2.81 bits per heavy atom. The van der Waals surface area contributed by atoms with Crippen LogP contribution in [0.3, 0.4) is 0 Å². The van der Waals surface area contributed by atoms with Crippen LogP contribution in [0.5, 0.6) is 0 Å². The molecule has 0 fully saturated rings. The zero-order valence-electron chi connectivity index (χ0n) is 13.8. The van der Waals surface area contributed by atoms with Gasteiger partial charge in [0.25, 0.3) is 5.91 Å². The summed E-state index contributed by atoms with van der Waals surface area (Å²) in [7, 11) is 1.50. The fourth-order valence-electron chi connectivity index (χ4n) is 2.08. The van der Waals surface area contributed by atoms with Crippen molar-refractivity contribution in [3.8, 4) is 17.4 Å². The highest BCUT2D eigenvalue weighted by Gasteiger charge is 2.13. The van der Waals surface area contributed by atoms with Crippen LogP contribution in [0.15, 0.2) is 40.3 Å². The first kappa shape index (κ1) is 19.2. The number of carbonyl (C=O) groups excluding carboxylic acids is 1. The van der Waals surface area contributed by atoms with Crippen LogP contribution < -0.4 is 5.32 Å². The van der Waals surface area contributed by atoms with Gasteiger partial charge >= 0.3 is 5.97 Å². The van der Waals surface area contributed by atoms with Crippen LogP contribution >= 0.6 is 11.6 Å². The first-order valence-electron chi connectivity index (χ1n) is 7.48. The van der Waals surface area contributed by atoms with Crippen molar-refractivity contribution in [2.24, 2.45) is 0 Å². The molecule has 7 nitrogen and oxygen atoms in total. The molecule has 0 aliphatic heterocycles. The van der Waals surface area contributed by atoms with E-state index in [1.807, 2.05) is 6.07 Å². The van der Waals surface area contributed by atoms with Gasteiger partial charge in [-0.1, -0.05) is 11.6 Å². The minimum absolute atomic E-state index is 0.0482. The van der Waals surface area contributed by atoms with Gasteiger partial charge in [0.1, 0.15) is 23.2 Å². The van der Waals surface area contributed by atoms with Crippen LogP contribution in [0.1, 0.15) is 16.1 Å². The first-order valence-corrected chi connectivity index (χ1v) is 7.86. The molecule has 1 aromatic carbocycles. The van der Waals surface area contributed by atoms with Gasteiger partial charge in [-0.2, -0.15) is 5.26 Å². The van der Waals surface area contributed by atoms with Crippen molar-refractivity contribution in [1.82, 2.24) is 5.32 Å². The summed E-state index contributed by atoms with van der Waals surface area (Å²) >= 11 is 5.85. The van der Waals surface area contributed by atoms with Crippen LogP contribution in [0.2, 0.25) is 5.02 Å². The highest BCUT2D eigenvalue weighted by atomic mass is 35.5. The van der Waals surface area contributed by atoms with E-state index in [0.717, 1.165) is 0 Å². The molecular weight excluding hydrogens is 360 g/mol. The molecule has 0 bridgehead atoms. The molecule has 0 radical (unpaired) electrons. The number of rotatable bonds is 7. The second kappa shape index (κ2) is 8.85. The fraction of sp³-hybridized carbons (Fsp3) is 0.167. The summed E-state index contributed by atoms with van der Waals surface area (Å²) in [5.41, 5.74) is 0.340. The second-order valence-electron chi connectivity index (χ2n) is 5.12. The summed E-state index contributed by atoms with van der Waals surface area (Å²) < 4.78 is 10.4. The zero-order chi connectivity index (χ0) is 19.1. The lowest BCUT2D eigenvalue weighted by atomic mass is 10.1. The molecule has 0 spiro atoms. The highest BCUT2D eigenvalue weighted by molar-refractivity contribution is 6.33. The number of furan rings is 1. The third-order valence-electron chi connectivity index (χ3n) is 3.35. The molecule has 0 atom stereocenters. The third-order valence-corrected chi connectivity index (χ3v) is 3.68. The van der Waals surface area contributed by atoms with Crippen LogP contribution in [0.25, 0.3) is 17.4 Å². The maximum atomic E-state index is 11.9. The Hall–Kier alpha value is -3.08. The topological polar surface area (TPSA) is 113 Å². The summed E-state index contributed by atoms with van der Waals surface area (Å²) in [6.07, 6.45) is 1.31. The molecule has 0 saturated carbocycles. The number of nitrogens with one attached hydrogen (secondary N) is 1. The average molecular weight is 375 g/mol. The van der Waals surface area contributed by atoms with E-state index in [9.17, 15) is 9.59 Å². The summed E-state index contributed by atoms with van der Waals surface area (Å²) in [6, 6.07) is 9.46. The summed E-state index contributed by atoms with van der Waals surface area (Å²) in [5.74, 6) is -1.03. The Balaban J connectivity index is 2.24. The van der Waals surface area contributed by atoms with E-state index in [2.05, 4.69) is 5.32 Å². The minimum Gasteiger partial charge on any atom is -0.478 e.